The van der Waals surface area contributed by atoms with Gasteiger partial charge in [0.25, 0.3) is 0 Å². The number of hydrogen-bond donors (Lipinski definition) is 1. The van der Waals surface area contributed by atoms with Gasteiger partial charge in [0.2, 0.25) is 0 Å². The molecule has 1 unspecified atom stereocenters. The van der Waals surface area contributed by atoms with Crippen LogP contribution in [0.4, 0.5) is 4.39 Å². The minimum atomic E-state index is -0.477. The van der Waals surface area contributed by atoms with Crippen LogP contribution in [0.2, 0.25) is 0 Å². The van der Waals surface area contributed by atoms with Crippen LogP contribution in [0.1, 0.15) is 22.0 Å². The molecule has 5 heteroatoms. The van der Waals surface area contributed by atoms with Crippen molar-refractivity contribution in [3.63, 3.8) is 0 Å². The van der Waals surface area contributed by atoms with E-state index in [1.165, 1.54) is 18.4 Å². The maximum atomic E-state index is 14.1. The van der Waals surface area contributed by atoms with E-state index in [-0.39, 0.29) is 5.75 Å². The second-order valence-corrected chi connectivity index (χ2v) is 6.35. The quantitative estimate of drug-likeness (QED) is 0.923. The lowest BCUT2D eigenvalue weighted by atomic mass is 10.0. The van der Waals surface area contributed by atoms with E-state index in [9.17, 15) is 4.39 Å². The lowest BCUT2D eigenvalue weighted by molar-refractivity contribution is 0.383. The van der Waals surface area contributed by atoms with Gasteiger partial charge in [0.15, 0.2) is 11.6 Å². The first-order valence-electron chi connectivity index (χ1n) is 5.38. The molecule has 1 aromatic carbocycles. The summed E-state index contributed by atoms with van der Waals surface area (Å²) in [6, 6.07) is 6.51. The molecular formula is C13H13BrFNOS. The normalized spacial score (nSPS) is 12.5. The fourth-order valence-corrected chi connectivity index (χ4v) is 3.31. The fraction of sp³-hybridized carbons (Fsp3) is 0.231. The van der Waals surface area contributed by atoms with Crippen molar-refractivity contribution in [2.24, 2.45) is 5.73 Å². The minimum absolute atomic E-state index is 0.218. The first-order valence-corrected chi connectivity index (χ1v) is 6.99. The van der Waals surface area contributed by atoms with Crippen molar-refractivity contribution < 1.29 is 9.13 Å². The zero-order valence-corrected chi connectivity index (χ0v) is 12.4. The Hall–Kier alpha value is -0.910. The maximum Gasteiger partial charge on any atom is 0.170 e. The molecule has 2 rings (SSSR count). The van der Waals surface area contributed by atoms with Crippen molar-refractivity contribution in [3.8, 4) is 5.75 Å². The van der Waals surface area contributed by atoms with Gasteiger partial charge in [-0.1, -0.05) is 12.1 Å². The maximum absolute atomic E-state index is 14.1. The Labute approximate surface area is 118 Å². The second-order valence-electron chi connectivity index (χ2n) is 3.95. The SMILES string of the molecule is COc1cccc(C(N)c2cc(C)c(Br)s2)c1F. The molecule has 0 aliphatic carbocycles. The molecule has 1 aromatic heterocycles. The Morgan fingerprint density at radius 2 is 2.17 bits per heavy atom. The van der Waals surface area contributed by atoms with Crippen molar-refractivity contribution in [1.82, 2.24) is 0 Å². The molecule has 0 amide bonds. The zero-order valence-electron chi connectivity index (χ0n) is 10.0. The molecule has 0 aliphatic rings. The number of benzene rings is 1. The van der Waals surface area contributed by atoms with E-state index in [0.29, 0.717) is 5.56 Å². The molecule has 1 atom stereocenters. The highest BCUT2D eigenvalue weighted by Crippen LogP contribution is 2.35. The van der Waals surface area contributed by atoms with E-state index in [1.54, 1.807) is 18.2 Å². The van der Waals surface area contributed by atoms with Crippen molar-refractivity contribution in [2.45, 2.75) is 13.0 Å². The molecule has 2 aromatic rings. The van der Waals surface area contributed by atoms with Gasteiger partial charge in [0.1, 0.15) is 0 Å². The molecule has 1 heterocycles. The molecule has 0 bridgehead atoms. The van der Waals surface area contributed by atoms with E-state index in [0.717, 1.165) is 14.2 Å². The molecule has 0 spiro atoms. The van der Waals surface area contributed by atoms with Crippen LogP contribution < -0.4 is 10.5 Å². The summed E-state index contributed by atoms with van der Waals surface area (Å²) < 4.78 is 20.1. The number of thiophene rings is 1. The summed E-state index contributed by atoms with van der Waals surface area (Å²) >= 11 is 4.97. The Bertz CT molecular complexity index is 551. The minimum Gasteiger partial charge on any atom is -0.494 e. The Kier molecular flexibility index (Phi) is 4.04. The number of nitrogens with two attached hydrogens (primary N) is 1. The first kappa shape index (κ1) is 13.5. The molecule has 0 radical (unpaired) electrons. The van der Waals surface area contributed by atoms with E-state index in [1.807, 2.05) is 13.0 Å². The lowest BCUT2D eigenvalue weighted by Gasteiger charge is -2.13. The Balaban J connectivity index is 2.42. The van der Waals surface area contributed by atoms with E-state index >= 15 is 0 Å². The highest BCUT2D eigenvalue weighted by Gasteiger charge is 2.19. The number of hydrogen-bond acceptors (Lipinski definition) is 3. The third-order valence-electron chi connectivity index (χ3n) is 2.73. The molecule has 0 saturated heterocycles. The highest BCUT2D eigenvalue weighted by atomic mass is 79.9. The molecule has 2 nitrogen and oxygen atoms in total. The van der Waals surface area contributed by atoms with Crippen LogP contribution >= 0.6 is 27.3 Å². The van der Waals surface area contributed by atoms with Crippen molar-refractivity contribution >= 4 is 27.3 Å². The zero-order chi connectivity index (χ0) is 13.3. The van der Waals surface area contributed by atoms with E-state index < -0.39 is 11.9 Å². The highest BCUT2D eigenvalue weighted by molar-refractivity contribution is 9.11. The Morgan fingerprint density at radius 3 is 2.72 bits per heavy atom. The predicted molar refractivity (Wildman–Crippen MR) is 75.7 cm³/mol. The smallest absolute Gasteiger partial charge is 0.170 e. The predicted octanol–water partition coefficient (Wildman–Crippen LogP) is 4.01. The fourth-order valence-electron chi connectivity index (χ4n) is 1.72. The monoisotopic (exact) mass is 329 g/mol. The van der Waals surface area contributed by atoms with Gasteiger partial charge in [0.05, 0.1) is 16.9 Å². The lowest BCUT2D eigenvalue weighted by Crippen LogP contribution is -2.12. The van der Waals surface area contributed by atoms with Crippen LogP contribution in [0.15, 0.2) is 28.1 Å². The van der Waals surface area contributed by atoms with E-state index in [2.05, 4.69) is 15.9 Å². The number of methoxy groups -OCH3 is 1. The van der Waals surface area contributed by atoms with Gasteiger partial charge in [-0.25, -0.2) is 4.39 Å². The van der Waals surface area contributed by atoms with Crippen LogP contribution in [0.3, 0.4) is 0 Å². The standard InChI is InChI=1S/C13H13BrFNOS/c1-7-6-10(18-13(7)14)12(16)8-4-3-5-9(17-2)11(8)15/h3-6,12H,16H2,1-2H3. The summed E-state index contributed by atoms with van der Waals surface area (Å²) in [5.41, 5.74) is 7.67. The summed E-state index contributed by atoms with van der Waals surface area (Å²) in [6.07, 6.45) is 0. The van der Waals surface area contributed by atoms with Crippen molar-refractivity contribution in [2.75, 3.05) is 7.11 Å². The van der Waals surface area contributed by atoms with Crippen LogP contribution in [0, 0.1) is 12.7 Å². The molecule has 0 aliphatic heterocycles. The average molecular weight is 330 g/mol. The van der Waals surface area contributed by atoms with Crippen LogP contribution in [0.5, 0.6) is 5.75 Å². The third-order valence-corrected chi connectivity index (χ3v) is 4.95. The number of rotatable bonds is 3. The van der Waals surface area contributed by atoms with Gasteiger partial charge >= 0.3 is 0 Å². The molecule has 0 saturated carbocycles. The van der Waals surface area contributed by atoms with Crippen LogP contribution in [-0.2, 0) is 0 Å². The summed E-state index contributed by atoms with van der Waals surface area (Å²) in [5.74, 6) is -0.176. The van der Waals surface area contributed by atoms with Crippen LogP contribution in [-0.4, -0.2) is 7.11 Å². The molecule has 0 fully saturated rings. The first-order chi connectivity index (χ1) is 8.54. The number of halogens is 2. The second kappa shape index (κ2) is 5.38. The molecule has 18 heavy (non-hydrogen) atoms. The van der Waals surface area contributed by atoms with Gasteiger partial charge in [-0.3, -0.25) is 0 Å². The third kappa shape index (κ3) is 2.43. The van der Waals surface area contributed by atoms with Gasteiger partial charge in [-0.15, -0.1) is 11.3 Å². The summed E-state index contributed by atoms with van der Waals surface area (Å²) in [4.78, 5) is 0.923. The van der Waals surface area contributed by atoms with Gasteiger partial charge in [-0.2, -0.15) is 0 Å². The Morgan fingerprint density at radius 1 is 1.44 bits per heavy atom. The summed E-state index contributed by atoms with van der Waals surface area (Å²) in [5, 5.41) is 0. The molecule has 2 N–H and O–H groups in total. The van der Waals surface area contributed by atoms with Gasteiger partial charge < -0.3 is 10.5 Å². The summed E-state index contributed by atoms with van der Waals surface area (Å²) in [6.45, 7) is 1.98. The molecule has 96 valence electrons. The van der Waals surface area contributed by atoms with Crippen molar-refractivity contribution in [1.29, 1.82) is 0 Å². The van der Waals surface area contributed by atoms with Crippen molar-refractivity contribution in [3.05, 3.63) is 49.9 Å². The number of ether oxygens (including phenoxy) is 1. The number of aryl methyl sites for hydroxylation is 1. The van der Waals surface area contributed by atoms with Gasteiger partial charge in [0, 0.05) is 10.4 Å². The summed E-state index contributed by atoms with van der Waals surface area (Å²) in [7, 11) is 1.44. The largest absolute Gasteiger partial charge is 0.494 e. The van der Waals surface area contributed by atoms with Crippen LogP contribution in [0.25, 0.3) is 0 Å². The van der Waals surface area contributed by atoms with Gasteiger partial charge in [-0.05, 0) is 40.5 Å². The molecular weight excluding hydrogens is 317 g/mol. The van der Waals surface area contributed by atoms with E-state index in [4.69, 9.17) is 10.5 Å². The topological polar surface area (TPSA) is 35.2 Å². The average Bonchev–Trinajstić information content (AvgIpc) is 2.69.